The Balaban J connectivity index is 2.30. The highest BCUT2D eigenvalue weighted by Crippen LogP contribution is 2.28. The quantitative estimate of drug-likeness (QED) is 0.852. The van der Waals surface area contributed by atoms with Gasteiger partial charge in [-0.2, -0.15) is 13.2 Å². The van der Waals surface area contributed by atoms with Gasteiger partial charge in [-0.3, -0.25) is 0 Å². The second-order valence-electron chi connectivity index (χ2n) is 3.69. The number of nitrogens with one attached hydrogen (secondary N) is 1. The smallest absolute Gasteiger partial charge is 0.334 e. The van der Waals surface area contributed by atoms with Crippen molar-refractivity contribution in [1.82, 2.24) is 9.97 Å². The van der Waals surface area contributed by atoms with E-state index in [9.17, 15) is 13.2 Å². The number of nitrogens with zero attached hydrogens (tertiary/aromatic N) is 1. The molecule has 0 unspecified atom stereocenters. The van der Waals surface area contributed by atoms with Gasteiger partial charge in [0.2, 0.25) is 5.82 Å². The van der Waals surface area contributed by atoms with Crippen LogP contribution in [0.15, 0.2) is 30.5 Å². The van der Waals surface area contributed by atoms with Crippen LogP contribution < -0.4 is 0 Å². The molecule has 17 heavy (non-hydrogen) atoms. The molecule has 1 heterocycles. The van der Waals surface area contributed by atoms with Gasteiger partial charge in [-0.25, -0.2) is 4.98 Å². The fourth-order valence-corrected chi connectivity index (χ4v) is 1.53. The predicted octanol–water partition coefficient (Wildman–Crippen LogP) is 3.66. The van der Waals surface area contributed by atoms with E-state index in [1.165, 1.54) is 6.20 Å². The number of aryl methyl sites for hydroxylation is 1. The predicted molar refractivity (Wildman–Crippen MR) is 58.4 cm³/mol. The summed E-state index contributed by atoms with van der Waals surface area (Å²) in [6.45, 7) is 2.02. The van der Waals surface area contributed by atoms with Crippen LogP contribution in [0.4, 0.5) is 13.2 Å². The van der Waals surface area contributed by atoms with Gasteiger partial charge in [0, 0.05) is 0 Å². The van der Waals surface area contributed by atoms with Crippen molar-refractivity contribution in [3.63, 3.8) is 0 Å². The van der Waals surface area contributed by atoms with Crippen molar-refractivity contribution in [2.24, 2.45) is 0 Å². The number of benzene rings is 1. The van der Waals surface area contributed by atoms with Crippen LogP contribution in [0, 0.1) is 0 Å². The molecule has 0 saturated carbocycles. The Bertz CT molecular complexity index is 497. The third kappa shape index (κ3) is 2.49. The third-order valence-corrected chi connectivity index (χ3v) is 2.52. The summed E-state index contributed by atoms with van der Waals surface area (Å²) in [5.74, 6) is -0.966. The molecule has 5 heteroatoms. The fourth-order valence-electron chi connectivity index (χ4n) is 1.53. The number of aromatic nitrogens is 2. The van der Waals surface area contributed by atoms with E-state index < -0.39 is 12.0 Å². The molecule has 0 radical (unpaired) electrons. The van der Waals surface area contributed by atoms with Crippen LogP contribution in [-0.2, 0) is 12.6 Å². The van der Waals surface area contributed by atoms with Crippen molar-refractivity contribution in [2.75, 3.05) is 0 Å². The van der Waals surface area contributed by atoms with Gasteiger partial charge in [0.1, 0.15) is 0 Å². The molecule has 2 aromatic rings. The van der Waals surface area contributed by atoms with Gasteiger partial charge >= 0.3 is 6.18 Å². The Hall–Kier alpha value is -1.78. The normalized spacial score (nSPS) is 11.8. The van der Waals surface area contributed by atoms with Crippen LogP contribution in [0.3, 0.4) is 0 Å². The zero-order valence-corrected chi connectivity index (χ0v) is 9.17. The largest absolute Gasteiger partial charge is 0.449 e. The van der Waals surface area contributed by atoms with Gasteiger partial charge in [0.25, 0.3) is 0 Å². The minimum Gasteiger partial charge on any atom is -0.334 e. The monoisotopic (exact) mass is 240 g/mol. The number of hydrogen-bond donors (Lipinski definition) is 1. The number of imidazole rings is 1. The van der Waals surface area contributed by atoms with Crippen molar-refractivity contribution in [1.29, 1.82) is 0 Å². The highest BCUT2D eigenvalue weighted by atomic mass is 19.4. The van der Waals surface area contributed by atoms with E-state index in [4.69, 9.17) is 0 Å². The Labute approximate surface area is 96.5 Å². The molecule has 90 valence electrons. The van der Waals surface area contributed by atoms with E-state index in [-0.39, 0.29) is 0 Å². The van der Waals surface area contributed by atoms with Gasteiger partial charge < -0.3 is 4.98 Å². The molecule has 0 atom stereocenters. The Morgan fingerprint density at radius 2 is 1.82 bits per heavy atom. The van der Waals surface area contributed by atoms with Crippen LogP contribution in [-0.4, -0.2) is 9.97 Å². The summed E-state index contributed by atoms with van der Waals surface area (Å²) < 4.78 is 37.0. The lowest BCUT2D eigenvalue weighted by Gasteiger charge is -2.02. The number of aromatic amines is 1. The summed E-state index contributed by atoms with van der Waals surface area (Å²) in [4.78, 5) is 5.60. The molecule has 0 aliphatic heterocycles. The van der Waals surface area contributed by atoms with E-state index in [2.05, 4.69) is 9.97 Å². The zero-order chi connectivity index (χ0) is 12.5. The summed E-state index contributed by atoms with van der Waals surface area (Å²) in [5, 5.41) is 0. The second kappa shape index (κ2) is 4.24. The van der Waals surface area contributed by atoms with Gasteiger partial charge in [0.15, 0.2) is 0 Å². The molecule has 0 bridgehead atoms. The first-order valence-electron chi connectivity index (χ1n) is 5.22. The summed E-state index contributed by atoms with van der Waals surface area (Å²) in [5.41, 5.74) is 2.22. The number of halogens is 3. The molecule has 0 amide bonds. The van der Waals surface area contributed by atoms with E-state index in [0.717, 1.165) is 12.0 Å². The topological polar surface area (TPSA) is 28.7 Å². The molecular weight excluding hydrogens is 229 g/mol. The minimum atomic E-state index is -4.43. The van der Waals surface area contributed by atoms with Crippen LogP contribution in [0.5, 0.6) is 0 Å². The van der Waals surface area contributed by atoms with Crippen LogP contribution in [0.1, 0.15) is 18.3 Å². The number of hydrogen-bond acceptors (Lipinski definition) is 1. The van der Waals surface area contributed by atoms with Gasteiger partial charge in [-0.1, -0.05) is 31.2 Å². The Kier molecular flexibility index (Phi) is 2.92. The molecule has 0 aliphatic rings. The van der Waals surface area contributed by atoms with E-state index >= 15 is 0 Å². The van der Waals surface area contributed by atoms with Crippen LogP contribution in [0.25, 0.3) is 11.3 Å². The standard InChI is InChI=1S/C12H11F3N2/c1-2-8-3-5-9(6-4-8)10-7-16-11(17-10)12(13,14)15/h3-7H,2H2,1H3,(H,16,17). The van der Waals surface area contributed by atoms with E-state index in [1.54, 1.807) is 12.1 Å². The van der Waals surface area contributed by atoms with Crippen molar-refractivity contribution in [2.45, 2.75) is 19.5 Å². The molecule has 1 aromatic heterocycles. The molecule has 1 aromatic carbocycles. The first kappa shape index (κ1) is 11.7. The summed E-state index contributed by atoms with van der Waals surface area (Å²) >= 11 is 0. The third-order valence-electron chi connectivity index (χ3n) is 2.52. The average Bonchev–Trinajstić information content (AvgIpc) is 2.78. The molecule has 0 aliphatic carbocycles. The summed E-state index contributed by atoms with van der Waals surface area (Å²) in [7, 11) is 0. The fraction of sp³-hybridized carbons (Fsp3) is 0.250. The van der Waals surface area contributed by atoms with E-state index in [1.807, 2.05) is 19.1 Å². The lowest BCUT2D eigenvalue weighted by molar-refractivity contribution is -0.144. The second-order valence-corrected chi connectivity index (χ2v) is 3.69. The van der Waals surface area contributed by atoms with Crippen LogP contribution >= 0.6 is 0 Å². The lowest BCUT2D eigenvalue weighted by atomic mass is 10.1. The highest BCUT2D eigenvalue weighted by Gasteiger charge is 2.34. The molecule has 2 rings (SSSR count). The van der Waals surface area contributed by atoms with Crippen molar-refractivity contribution in [3.05, 3.63) is 41.9 Å². The maximum Gasteiger partial charge on any atom is 0.449 e. The molecule has 0 saturated heterocycles. The first-order chi connectivity index (χ1) is 8.00. The summed E-state index contributed by atoms with van der Waals surface area (Å²) in [6.07, 6.45) is -2.33. The number of H-pyrrole nitrogens is 1. The maximum atomic E-state index is 12.3. The molecular formula is C12H11F3N2. The SMILES string of the molecule is CCc1ccc(-c2cnc(C(F)(F)F)[nH]2)cc1. The average molecular weight is 240 g/mol. The number of rotatable bonds is 2. The van der Waals surface area contributed by atoms with Crippen molar-refractivity contribution < 1.29 is 13.2 Å². The van der Waals surface area contributed by atoms with Gasteiger partial charge in [-0.15, -0.1) is 0 Å². The molecule has 0 fully saturated rings. The highest BCUT2D eigenvalue weighted by molar-refractivity contribution is 5.58. The Morgan fingerprint density at radius 1 is 1.18 bits per heavy atom. The summed E-state index contributed by atoms with van der Waals surface area (Å²) in [6, 6.07) is 7.35. The van der Waals surface area contributed by atoms with Crippen LogP contribution in [0.2, 0.25) is 0 Å². The lowest BCUT2D eigenvalue weighted by Crippen LogP contribution is -2.07. The molecule has 0 spiro atoms. The maximum absolute atomic E-state index is 12.3. The Morgan fingerprint density at radius 3 is 2.29 bits per heavy atom. The van der Waals surface area contributed by atoms with Gasteiger partial charge in [-0.05, 0) is 17.5 Å². The molecule has 2 nitrogen and oxygen atoms in total. The number of alkyl halides is 3. The van der Waals surface area contributed by atoms with E-state index in [0.29, 0.717) is 11.3 Å². The molecule has 1 N–H and O–H groups in total. The minimum absolute atomic E-state index is 0.375. The zero-order valence-electron chi connectivity index (χ0n) is 9.17. The van der Waals surface area contributed by atoms with Crippen molar-refractivity contribution in [3.8, 4) is 11.3 Å². The van der Waals surface area contributed by atoms with Gasteiger partial charge in [0.05, 0.1) is 11.9 Å². The first-order valence-corrected chi connectivity index (χ1v) is 5.22. The van der Waals surface area contributed by atoms with Crippen molar-refractivity contribution >= 4 is 0 Å².